The minimum Gasteiger partial charge on any atom is -0.387 e. The molecule has 0 spiro atoms. The van der Waals surface area contributed by atoms with E-state index in [1.165, 1.54) is 0 Å². The predicted octanol–water partition coefficient (Wildman–Crippen LogP) is -1.43. The maximum Gasteiger partial charge on any atom is 0.0890 e. The molecule has 0 fully saturated rings. The normalized spacial score (nSPS) is 45.6. The highest BCUT2D eigenvalue weighted by atomic mass is 16.3. The smallest absolute Gasteiger partial charge is 0.0890 e. The quantitative estimate of drug-likeness (QED) is 0.338. The molecule has 3 heteroatoms. The molecule has 3 atom stereocenters. The summed E-state index contributed by atoms with van der Waals surface area (Å²) in [5.41, 5.74) is 10.8. The molecular weight excluding hydrogens is 104 g/mol. The van der Waals surface area contributed by atoms with Crippen LogP contribution in [0.4, 0.5) is 0 Å². The number of aliphatic hydroxyl groups excluding tert-OH is 1. The lowest BCUT2D eigenvalue weighted by atomic mass is 10.2. The van der Waals surface area contributed by atoms with Crippen molar-refractivity contribution >= 4 is 0 Å². The second kappa shape index (κ2) is 1.85. The molecule has 0 saturated carbocycles. The van der Waals surface area contributed by atoms with Gasteiger partial charge in [-0.2, -0.15) is 0 Å². The molecule has 0 aliphatic heterocycles. The Hall–Kier alpha value is -0.380. The van der Waals surface area contributed by atoms with Crippen LogP contribution in [0.15, 0.2) is 12.2 Å². The molecule has 0 saturated heterocycles. The standard InChI is InChI=1S/C5H10N2O/c6-3-1-2-4(8)5(3)7/h1-5,8H,6-7H2/t3-,4-,5+/m1/s1. The van der Waals surface area contributed by atoms with Crippen molar-refractivity contribution in [3.05, 3.63) is 12.2 Å². The summed E-state index contributed by atoms with van der Waals surface area (Å²) >= 11 is 0. The van der Waals surface area contributed by atoms with Gasteiger partial charge in [-0.1, -0.05) is 12.2 Å². The Labute approximate surface area is 48.0 Å². The SMILES string of the molecule is N[C@H]1[C@H](N)C=C[C@H]1O. The fraction of sp³-hybridized carbons (Fsp3) is 0.600. The molecule has 0 aromatic carbocycles. The summed E-state index contributed by atoms with van der Waals surface area (Å²) in [6.07, 6.45) is 2.80. The minimum absolute atomic E-state index is 0.162. The summed E-state index contributed by atoms with van der Waals surface area (Å²) in [7, 11) is 0. The molecule has 0 bridgehead atoms. The van der Waals surface area contributed by atoms with Crippen LogP contribution in [-0.4, -0.2) is 23.3 Å². The Morgan fingerprint density at radius 3 is 2.00 bits per heavy atom. The van der Waals surface area contributed by atoms with E-state index in [-0.39, 0.29) is 12.1 Å². The third kappa shape index (κ3) is 0.753. The lowest BCUT2D eigenvalue weighted by Gasteiger charge is -2.11. The Bertz CT molecular complexity index is 101. The van der Waals surface area contributed by atoms with E-state index in [4.69, 9.17) is 16.6 Å². The molecule has 0 heterocycles. The van der Waals surface area contributed by atoms with Gasteiger partial charge in [0.05, 0.1) is 12.1 Å². The van der Waals surface area contributed by atoms with Crippen LogP contribution in [0.2, 0.25) is 0 Å². The summed E-state index contributed by atoms with van der Waals surface area (Å²) in [5, 5.41) is 8.88. The van der Waals surface area contributed by atoms with E-state index in [1.54, 1.807) is 12.2 Å². The highest BCUT2D eigenvalue weighted by Gasteiger charge is 2.22. The zero-order chi connectivity index (χ0) is 6.15. The molecule has 0 unspecified atom stereocenters. The van der Waals surface area contributed by atoms with Crippen molar-refractivity contribution in [3.63, 3.8) is 0 Å². The Morgan fingerprint density at radius 2 is 1.88 bits per heavy atom. The molecule has 0 radical (unpaired) electrons. The van der Waals surface area contributed by atoms with Gasteiger partial charge in [-0.15, -0.1) is 0 Å². The molecule has 8 heavy (non-hydrogen) atoms. The zero-order valence-corrected chi connectivity index (χ0v) is 4.49. The lowest BCUT2D eigenvalue weighted by molar-refractivity contribution is 0.196. The Morgan fingerprint density at radius 1 is 1.25 bits per heavy atom. The summed E-state index contributed by atoms with van der Waals surface area (Å²) < 4.78 is 0. The molecule has 1 aliphatic carbocycles. The van der Waals surface area contributed by atoms with E-state index < -0.39 is 6.10 Å². The van der Waals surface area contributed by atoms with E-state index in [2.05, 4.69) is 0 Å². The van der Waals surface area contributed by atoms with Gasteiger partial charge >= 0.3 is 0 Å². The lowest BCUT2D eigenvalue weighted by Crippen LogP contribution is -2.43. The summed E-state index contributed by atoms with van der Waals surface area (Å²) in [6, 6.07) is -0.458. The maximum absolute atomic E-state index is 8.88. The molecular formula is C5H10N2O. The van der Waals surface area contributed by atoms with Crippen LogP contribution in [-0.2, 0) is 0 Å². The van der Waals surface area contributed by atoms with Gasteiger partial charge in [-0.3, -0.25) is 0 Å². The van der Waals surface area contributed by atoms with Crippen LogP contribution in [0.3, 0.4) is 0 Å². The first-order chi connectivity index (χ1) is 3.72. The highest BCUT2D eigenvalue weighted by molar-refractivity contribution is 5.12. The van der Waals surface area contributed by atoms with Gasteiger partial charge < -0.3 is 16.6 Å². The van der Waals surface area contributed by atoms with Crippen molar-refractivity contribution in [1.29, 1.82) is 0 Å². The molecule has 5 N–H and O–H groups in total. The zero-order valence-electron chi connectivity index (χ0n) is 4.49. The van der Waals surface area contributed by atoms with Gasteiger partial charge in [-0.05, 0) is 0 Å². The van der Waals surface area contributed by atoms with Gasteiger partial charge in [0.2, 0.25) is 0 Å². The molecule has 1 rings (SSSR count). The van der Waals surface area contributed by atoms with Gasteiger partial charge in [-0.25, -0.2) is 0 Å². The first kappa shape index (κ1) is 5.75. The van der Waals surface area contributed by atoms with Gasteiger partial charge in [0.25, 0.3) is 0 Å². The molecule has 0 aromatic rings. The van der Waals surface area contributed by atoms with Crippen LogP contribution in [0.25, 0.3) is 0 Å². The predicted molar refractivity (Wildman–Crippen MR) is 31.1 cm³/mol. The van der Waals surface area contributed by atoms with Crippen molar-refractivity contribution in [2.75, 3.05) is 0 Å². The number of hydrogen-bond donors (Lipinski definition) is 3. The van der Waals surface area contributed by atoms with Crippen LogP contribution in [0.5, 0.6) is 0 Å². The summed E-state index contributed by atoms with van der Waals surface area (Å²) in [6.45, 7) is 0. The van der Waals surface area contributed by atoms with Crippen molar-refractivity contribution in [2.45, 2.75) is 18.2 Å². The van der Waals surface area contributed by atoms with E-state index in [0.29, 0.717) is 0 Å². The third-order valence-electron chi connectivity index (χ3n) is 1.37. The van der Waals surface area contributed by atoms with Crippen LogP contribution in [0, 0.1) is 0 Å². The highest BCUT2D eigenvalue weighted by Crippen LogP contribution is 2.05. The van der Waals surface area contributed by atoms with Crippen molar-refractivity contribution in [2.24, 2.45) is 11.5 Å². The number of aliphatic hydroxyl groups is 1. The second-order valence-electron chi connectivity index (χ2n) is 2.03. The van der Waals surface area contributed by atoms with Gasteiger partial charge in [0.15, 0.2) is 0 Å². The Kier molecular flexibility index (Phi) is 1.33. The van der Waals surface area contributed by atoms with Crippen LogP contribution >= 0.6 is 0 Å². The number of rotatable bonds is 0. The number of nitrogens with two attached hydrogens (primary N) is 2. The van der Waals surface area contributed by atoms with E-state index >= 15 is 0 Å². The fourth-order valence-electron chi connectivity index (χ4n) is 0.726. The molecule has 1 aliphatic rings. The van der Waals surface area contributed by atoms with Crippen LogP contribution < -0.4 is 11.5 Å². The Balaban J connectivity index is 2.55. The van der Waals surface area contributed by atoms with Crippen LogP contribution in [0.1, 0.15) is 0 Å². The first-order valence-electron chi connectivity index (χ1n) is 2.59. The largest absolute Gasteiger partial charge is 0.387 e. The molecule has 0 amide bonds. The average molecular weight is 114 g/mol. The monoisotopic (exact) mass is 114 g/mol. The minimum atomic E-state index is -0.537. The van der Waals surface area contributed by atoms with Crippen molar-refractivity contribution < 1.29 is 5.11 Å². The first-order valence-corrected chi connectivity index (χ1v) is 2.59. The average Bonchev–Trinajstić information content (AvgIpc) is 1.98. The van der Waals surface area contributed by atoms with E-state index in [0.717, 1.165) is 0 Å². The maximum atomic E-state index is 8.88. The van der Waals surface area contributed by atoms with Gasteiger partial charge in [0, 0.05) is 6.04 Å². The van der Waals surface area contributed by atoms with Gasteiger partial charge in [0.1, 0.15) is 0 Å². The molecule has 0 aromatic heterocycles. The fourth-order valence-corrected chi connectivity index (χ4v) is 0.726. The number of hydrogen-bond acceptors (Lipinski definition) is 3. The molecule has 46 valence electrons. The molecule has 3 nitrogen and oxygen atoms in total. The second-order valence-corrected chi connectivity index (χ2v) is 2.03. The topological polar surface area (TPSA) is 72.3 Å². The summed E-state index contributed by atoms with van der Waals surface area (Å²) in [5.74, 6) is 0. The summed E-state index contributed by atoms with van der Waals surface area (Å²) in [4.78, 5) is 0. The van der Waals surface area contributed by atoms with Crippen molar-refractivity contribution in [3.8, 4) is 0 Å². The van der Waals surface area contributed by atoms with Crippen molar-refractivity contribution in [1.82, 2.24) is 0 Å². The van der Waals surface area contributed by atoms with E-state index in [9.17, 15) is 0 Å². The third-order valence-corrected chi connectivity index (χ3v) is 1.37. The van der Waals surface area contributed by atoms with E-state index in [1.807, 2.05) is 0 Å².